The van der Waals surface area contributed by atoms with Crippen LogP contribution in [0.5, 0.6) is 0 Å². The molecule has 0 aliphatic heterocycles. The van der Waals surface area contributed by atoms with Gasteiger partial charge in [0.15, 0.2) is 11.5 Å². The Morgan fingerprint density at radius 3 is 2.94 bits per heavy atom. The van der Waals surface area contributed by atoms with Gasteiger partial charge in [-0.25, -0.2) is 0 Å². The van der Waals surface area contributed by atoms with Crippen LogP contribution in [0.4, 0.5) is 0 Å². The van der Waals surface area contributed by atoms with Crippen LogP contribution in [0, 0.1) is 0 Å². The van der Waals surface area contributed by atoms with E-state index in [1.165, 1.54) is 0 Å². The van der Waals surface area contributed by atoms with Crippen LogP contribution >= 0.6 is 11.6 Å². The number of hydrogen-bond donors (Lipinski definition) is 0. The lowest BCUT2D eigenvalue weighted by Crippen LogP contribution is -1.89. The topological polar surface area (TPSA) is 56.7 Å². The molecule has 0 N–H and O–H groups in total. The van der Waals surface area contributed by atoms with E-state index in [0.29, 0.717) is 17.4 Å². The summed E-state index contributed by atoms with van der Waals surface area (Å²) in [5, 5.41) is 9.13. The minimum absolute atomic E-state index is 0.230. The average molecular weight is 249 g/mol. The Morgan fingerprint density at radius 1 is 1.35 bits per heavy atom. The van der Waals surface area contributed by atoms with Crippen molar-refractivity contribution in [3.8, 4) is 11.6 Å². The molecule has 86 valence electrons. The fourth-order valence-electron chi connectivity index (χ4n) is 1.78. The molecule has 0 saturated heterocycles. The number of alkyl halides is 1. The van der Waals surface area contributed by atoms with E-state index < -0.39 is 0 Å². The van der Waals surface area contributed by atoms with Crippen molar-refractivity contribution in [3.05, 3.63) is 30.1 Å². The highest BCUT2D eigenvalue weighted by molar-refractivity contribution is 6.16. The molecule has 2 aromatic heterocycles. The molecule has 0 amide bonds. The van der Waals surface area contributed by atoms with Gasteiger partial charge in [0.2, 0.25) is 0 Å². The summed E-state index contributed by atoms with van der Waals surface area (Å²) in [4.78, 5) is 4.18. The summed E-state index contributed by atoms with van der Waals surface area (Å²) in [6, 6.07) is 7.88. The fourth-order valence-corrected chi connectivity index (χ4v) is 1.88. The van der Waals surface area contributed by atoms with E-state index in [1.54, 1.807) is 4.68 Å². The molecule has 3 aromatic rings. The molecule has 2 heterocycles. The molecule has 0 saturated carbocycles. The van der Waals surface area contributed by atoms with Crippen molar-refractivity contribution in [2.24, 2.45) is 7.05 Å². The number of aryl methyl sites for hydroxylation is 1. The molecule has 17 heavy (non-hydrogen) atoms. The third kappa shape index (κ3) is 1.59. The zero-order valence-corrected chi connectivity index (χ0v) is 9.85. The van der Waals surface area contributed by atoms with Crippen molar-refractivity contribution >= 4 is 22.5 Å². The van der Waals surface area contributed by atoms with Crippen LogP contribution in [0.1, 0.15) is 5.82 Å². The largest absolute Gasteiger partial charge is 0.332 e. The number of fused-ring (bicyclic) bond motifs is 1. The predicted molar refractivity (Wildman–Crippen MR) is 63.6 cm³/mol. The van der Waals surface area contributed by atoms with Gasteiger partial charge in [0.05, 0.1) is 11.4 Å². The molecule has 0 unspecified atom stereocenters. The molecule has 5 nitrogen and oxygen atoms in total. The van der Waals surface area contributed by atoms with Gasteiger partial charge in [-0.1, -0.05) is 23.4 Å². The Morgan fingerprint density at radius 2 is 2.18 bits per heavy atom. The first-order chi connectivity index (χ1) is 8.29. The van der Waals surface area contributed by atoms with E-state index in [2.05, 4.69) is 15.2 Å². The van der Waals surface area contributed by atoms with Gasteiger partial charge in [-0.3, -0.25) is 4.68 Å². The van der Waals surface area contributed by atoms with Gasteiger partial charge in [0.1, 0.15) is 0 Å². The minimum atomic E-state index is 0.230. The van der Waals surface area contributed by atoms with Gasteiger partial charge in [0.25, 0.3) is 5.89 Å². The lowest BCUT2D eigenvalue weighted by molar-refractivity contribution is 0.423. The highest BCUT2D eigenvalue weighted by Crippen LogP contribution is 2.26. The van der Waals surface area contributed by atoms with E-state index in [0.717, 1.165) is 10.9 Å². The number of halogens is 1. The van der Waals surface area contributed by atoms with Crippen molar-refractivity contribution in [2.75, 3.05) is 0 Å². The second kappa shape index (κ2) is 3.85. The summed E-state index contributed by atoms with van der Waals surface area (Å²) in [6.07, 6.45) is 0. The maximum absolute atomic E-state index is 5.64. The minimum Gasteiger partial charge on any atom is -0.332 e. The normalized spacial score (nSPS) is 11.2. The third-order valence-corrected chi connectivity index (χ3v) is 2.79. The van der Waals surface area contributed by atoms with Crippen molar-refractivity contribution < 1.29 is 4.52 Å². The molecule has 0 aliphatic carbocycles. The quantitative estimate of drug-likeness (QED) is 0.654. The van der Waals surface area contributed by atoms with Crippen molar-refractivity contribution in [1.29, 1.82) is 0 Å². The van der Waals surface area contributed by atoms with Gasteiger partial charge < -0.3 is 4.52 Å². The van der Waals surface area contributed by atoms with Crippen molar-refractivity contribution in [3.63, 3.8) is 0 Å². The molecular formula is C11H9ClN4O. The van der Waals surface area contributed by atoms with E-state index >= 15 is 0 Å². The zero-order valence-electron chi connectivity index (χ0n) is 9.09. The molecule has 0 radical (unpaired) electrons. The third-order valence-electron chi connectivity index (χ3n) is 2.55. The highest BCUT2D eigenvalue weighted by Gasteiger charge is 2.16. The van der Waals surface area contributed by atoms with Crippen LogP contribution in [-0.2, 0) is 12.9 Å². The summed E-state index contributed by atoms with van der Waals surface area (Å²) in [5.41, 5.74) is 1.71. The number of nitrogens with zero attached hydrogens (tertiary/aromatic N) is 4. The van der Waals surface area contributed by atoms with Crippen LogP contribution in [0.15, 0.2) is 28.8 Å². The summed E-state index contributed by atoms with van der Waals surface area (Å²) >= 11 is 5.64. The van der Waals surface area contributed by atoms with E-state index in [9.17, 15) is 0 Å². The maximum atomic E-state index is 5.64. The summed E-state index contributed by atoms with van der Waals surface area (Å²) in [6.45, 7) is 0. The Kier molecular flexibility index (Phi) is 2.33. The molecule has 0 aliphatic rings. The lowest BCUT2D eigenvalue weighted by atomic mass is 10.2. The van der Waals surface area contributed by atoms with Gasteiger partial charge in [0, 0.05) is 12.4 Å². The van der Waals surface area contributed by atoms with Crippen LogP contribution in [0.2, 0.25) is 0 Å². The standard InChI is InChI=1S/C11H9ClN4O/c1-16-8-5-3-2-4-7(8)10(14-16)11-13-9(6-12)15-17-11/h2-5H,6H2,1H3. The molecule has 0 spiro atoms. The van der Waals surface area contributed by atoms with Gasteiger partial charge in [-0.2, -0.15) is 10.1 Å². The monoisotopic (exact) mass is 248 g/mol. The molecule has 0 bridgehead atoms. The van der Waals surface area contributed by atoms with Crippen LogP contribution in [-0.4, -0.2) is 19.9 Å². The maximum Gasteiger partial charge on any atom is 0.279 e. The van der Waals surface area contributed by atoms with Gasteiger partial charge in [-0.15, -0.1) is 11.6 Å². The molecular weight excluding hydrogens is 240 g/mol. The molecule has 3 rings (SSSR count). The fraction of sp³-hybridized carbons (Fsp3) is 0.182. The smallest absolute Gasteiger partial charge is 0.279 e. The first-order valence-electron chi connectivity index (χ1n) is 5.10. The SMILES string of the molecule is Cn1nc(-c2nc(CCl)no2)c2ccccc21. The molecule has 1 aromatic carbocycles. The number of benzene rings is 1. The van der Waals surface area contributed by atoms with E-state index in [-0.39, 0.29) is 5.88 Å². The number of para-hydroxylation sites is 1. The molecule has 0 fully saturated rings. The number of aromatic nitrogens is 4. The highest BCUT2D eigenvalue weighted by atomic mass is 35.5. The van der Waals surface area contributed by atoms with Gasteiger partial charge in [-0.05, 0) is 6.07 Å². The summed E-state index contributed by atoms with van der Waals surface area (Å²) in [7, 11) is 1.88. The summed E-state index contributed by atoms with van der Waals surface area (Å²) < 4.78 is 6.93. The predicted octanol–water partition coefficient (Wildman–Crippen LogP) is 2.36. The number of rotatable bonds is 2. The second-order valence-corrected chi connectivity index (χ2v) is 3.91. The average Bonchev–Trinajstić information content (AvgIpc) is 2.95. The molecule has 0 atom stereocenters. The number of hydrogen-bond acceptors (Lipinski definition) is 4. The first kappa shape index (κ1) is 10.3. The Hall–Kier alpha value is -1.88. The van der Waals surface area contributed by atoms with Crippen LogP contribution in [0.25, 0.3) is 22.5 Å². The molecule has 6 heteroatoms. The van der Waals surface area contributed by atoms with Crippen LogP contribution < -0.4 is 0 Å². The van der Waals surface area contributed by atoms with Crippen LogP contribution in [0.3, 0.4) is 0 Å². The van der Waals surface area contributed by atoms with E-state index in [4.69, 9.17) is 16.1 Å². The Bertz CT molecular complexity index is 673. The Labute approximate surface area is 102 Å². The first-order valence-corrected chi connectivity index (χ1v) is 5.63. The van der Waals surface area contributed by atoms with Crippen molar-refractivity contribution in [2.45, 2.75) is 5.88 Å². The van der Waals surface area contributed by atoms with Crippen molar-refractivity contribution in [1.82, 2.24) is 19.9 Å². The second-order valence-electron chi connectivity index (χ2n) is 3.64. The zero-order chi connectivity index (χ0) is 11.8. The van der Waals surface area contributed by atoms with E-state index in [1.807, 2.05) is 31.3 Å². The lowest BCUT2D eigenvalue weighted by Gasteiger charge is -1.90. The Balaban J connectivity index is 2.23. The summed E-state index contributed by atoms with van der Waals surface area (Å²) in [5.74, 6) is 1.10. The van der Waals surface area contributed by atoms with Gasteiger partial charge >= 0.3 is 0 Å².